The molecule has 0 saturated carbocycles. The van der Waals surface area contributed by atoms with Crippen LogP contribution in [0.15, 0.2) is 24.3 Å². The van der Waals surface area contributed by atoms with Crippen molar-refractivity contribution in [3.05, 3.63) is 24.3 Å². The van der Waals surface area contributed by atoms with E-state index < -0.39 is 6.09 Å². The van der Waals surface area contributed by atoms with Gasteiger partial charge >= 0.3 is 6.09 Å². The highest BCUT2D eigenvalue weighted by molar-refractivity contribution is 5.91. The SMILES string of the molecule is COC(=O)NCCN(C(C)=O)c1ccc(OC(C)C)cc1. The Morgan fingerprint density at radius 2 is 1.86 bits per heavy atom. The molecule has 0 aliphatic carbocycles. The van der Waals surface area contributed by atoms with Gasteiger partial charge in [0.25, 0.3) is 0 Å². The number of carbonyl (C=O) groups excluding carboxylic acids is 2. The van der Waals surface area contributed by atoms with Crippen molar-refractivity contribution in [1.82, 2.24) is 5.32 Å². The summed E-state index contributed by atoms with van der Waals surface area (Å²) in [6, 6.07) is 7.27. The Hall–Kier alpha value is -2.24. The first-order valence-electron chi connectivity index (χ1n) is 6.80. The van der Waals surface area contributed by atoms with Crippen LogP contribution in [0, 0.1) is 0 Å². The predicted molar refractivity (Wildman–Crippen MR) is 80.6 cm³/mol. The van der Waals surface area contributed by atoms with E-state index in [4.69, 9.17) is 4.74 Å². The van der Waals surface area contributed by atoms with E-state index in [1.165, 1.54) is 14.0 Å². The van der Waals surface area contributed by atoms with Crippen LogP contribution >= 0.6 is 0 Å². The molecule has 1 aromatic carbocycles. The highest BCUT2D eigenvalue weighted by Crippen LogP contribution is 2.20. The first kappa shape index (κ1) is 16.8. The van der Waals surface area contributed by atoms with Gasteiger partial charge in [0, 0.05) is 25.7 Å². The van der Waals surface area contributed by atoms with Gasteiger partial charge in [-0.2, -0.15) is 0 Å². The van der Waals surface area contributed by atoms with Crippen molar-refractivity contribution in [1.29, 1.82) is 0 Å². The van der Waals surface area contributed by atoms with Crippen LogP contribution in [0.5, 0.6) is 5.75 Å². The van der Waals surface area contributed by atoms with Crippen molar-refractivity contribution in [2.45, 2.75) is 26.9 Å². The number of hydrogen-bond donors (Lipinski definition) is 1. The molecular weight excluding hydrogens is 272 g/mol. The third-order valence-electron chi connectivity index (χ3n) is 2.69. The van der Waals surface area contributed by atoms with Crippen molar-refractivity contribution in [2.75, 3.05) is 25.1 Å². The largest absolute Gasteiger partial charge is 0.491 e. The summed E-state index contributed by atoms with van der Waals surface area (Å²) in [6.07, 6.45) is -0.414. The number of anilines is 1. The fourth-order valence-corrected chi connectivity index (χ4v) is 1.79. The minimum Gasteiger partial charge on any atom is -0.491 e. The molecule has 0 bridgehead atoms. The van der Waals surface area contributed by atoms with Gasteiger partial charge in [-0.25, -0.2) is 4.79 Å². The number of nitrogens with zero attached hydrogens (tertiary/aromatic N) is 1. The molecule has 0 unspecified atom stereocenters. The van der Waals surface area contributed by atoms with Gasteiger partial charge in [-0.15, -0.1) is 0 Å². The van der Waals surface area contributed by atoms with E-state index in [2.05, 4.69) is 10.1 Å². The molecule has 1 rings (SSSR count). The first-order valence-corrected chi connectivity index (χ1v) is 6.80. The lowest BCUT2D eigenvalue weighted by Gasteiger charge is -2.21. The van der Waals surface area contributed by atoms with Gasteiger partial charge in [0.05, 0.1) is 13.2 Å². The van der Waals surface area contributed by atoms with E-state index >= 15 is 0 Å². The molecule has 0 aromatic heterocycles. The number of amides is 2. The van der Waals surface area contributed by atoms with Crippen molar-refractivity contribution in [3.63, 3.8) is 0 Å². The van der Waals surface area contributed by atoms with Crippen molar-refractivity contribution in [2.24, 2.45) is 0 Å². The van der Waals surface area contributed by atoms with Crippen LogP contribution in [-0.2, 0) is 9.53 Å². The number of rotatable bonds is 6. The predicted octanol–water partition coefficient (Wildman–Crippen LogP) is 2.18. The normalized spacial score (nSPS) is 10.1. The summed E-state index contributed by atoms with van der Waals surface area (Å²) in [6.45, 7) is 6.07. The molecule has 6 heteroatoms. The Morgan fingerprint density at radius 1 is 1.24 bits per heavy atom. The third-order valence-corrected chi connectivity index (χ3v) is 2.69. The molecule has 21 heavy (non-hydrogen) atoms. The Morgan fingerprint density at radius 3 is 2.33 bits per heavy atom. The summed E-state index contributed by atoms with van der Waals surface area (Å²) in [5.41, 5.74) is 0.755. The first-order chi connectivity index (χ1) is 9.93. The number of carbonyl (C=O) groups is 2. The highest BCUT2D eigenvalue weighted by Gasteiger charge is 2.12. The summed E-state index contributed by atoms with van der Waals surface area (Å²) < 4.78 is 10.0. The number of hydrogen-bond acceptors (Lipinski definition) is 4. The fraction of sp³-hybridized carbons (Fsp3) is 0.467. The minimum atomic E-state index is -0.515. The molecular formula is C15H22N2O4. The van der Waals surface area contributed by atoms with Crippen LogP contribution in [0.2, 0.25) is 0 Å². The smallest absolute Gasteiger partial charge is 0.406 e. The molecule has 0 radical (unpaired) electrons. The molecule has 1 aromatic rings. The monoisotopic (exact) mass is 294 g/mol. The lowest BCUT2D eigenvalue weighted by atomic mass is 10.2. The average Bonchev–Trinajstić information content (AvgIpc) is 2.43. The zero-order chi connectivity index (χ0) is 15.8. The van der Waals surface area contributed by atoms with E-state index in [0.717, 1.165) is 11.4 Å². The summed E-state index contributed by atoms with van der Waals surface area (Å²) in [5, 5.41) is 2.55. The van der Waals surface area contributed by atoms with Crippen molar-refractivity contribution >= 4 is 17.7 Å². The zero-order valence-electron chi connectivity index (χ0n) is 12.9. The third kappa shape index (κ3) is 5.72. The van der Waals surface area contributed by atoms with Gasteiger partial charge in [-0.05, 0) is 38.1 Å². The maximum Gasteiger partial charge on any atom is 0.406 e. The number of methoxy groups -OCH3 is 1. The summed E-state index contributed by atoms with van der Waals surface area (Å²) in [5.74, 6) is 0.657. The van der Waals surface area contributed by atoms with E-state index in [1.54, 1.807) is 4.90 Å². The molecule has 0 aliphatic rings. The van der Waals surface area contributed by atoms with E-state index in [1.807, 2.05) is 38.1 Å². The average molecular weight is 294 g/mol. The molecule has 1 N–H and O–H groups in total. The molecule has 0 heterocycles. The fourth-order valence-electron chi connectivity index (χ4n) is 1.79. The number of ether oxygens (including phenoxy) is 2. The number of benzene rings is 1. The zero-order valence-corrected chi connectivity index (χ0v) is 12.9. The quantitative estimate of drug-likeness (QED) is 0.873. The number of alkyl carbamates (subject to hydrolysis) is 1. The lowest BCUT2D eigenvalue weighted by Crippen LogP contribution is -2.37. The molecule has 0 saturated heterocycles. The van der Waals surface area contributed by atoms with Gasteiger partial charge < -0.3 is 19.7 Å². The molecule has 0 atom stereocenters. The van der Waals surface area contributed by atoms with Crippen molar-refractivity contribution in [3.8, 4) is 5.75 Å². The molecule has 0 fully saturated rings. The van der Waals surface area contributed by atoms with Crippen LogP contribution < -0.4 is 15.0 Å². The highest BCUT2D eigenvalue weighted by atomic mass is 16.5. The topological polar surface area (TPSA) is 67.9 Å². The van der Waals surface area contributed by atoms with Crippen LogP contribution in [0.4, 0.5) is 10.5 Å². The molecule has 0 aliphatic heterocycles. The van der Waals surface area contributed by atoms with Crippen LogP contribution in [0.25, 0.3) is 0 Å². The van der Waals surface area contributed by atoms with Crippen LogP contribution in [-0.4, -0.2) is 38.3 Å². The maximum atomic E-state index is 11.7. The molecule has 116 valence electrons. The Kier molecular flexibility index (Phi) is 6.52. The second-order valence-corrected chi connectivity index (χ2v) is 4.75. The van der Waals surface area contributed by atoms with Gasteiger partial charge in [0.2, 0.25) is 5.91 Å². The summed E-state index contributed by atoms with van der Waals surface area (Å²) in [4.78, 5) is 24.3. The maximum absolute atomic E-state index is 11.7. The second-order valence-electron chi connectivity index (χ2n) is 4.75. The molecule has 0 spiro atoms. The number of nitrogens with one attached hydrogen (secondary N) is 1. The van der Waals surface area contributed by atoms with Crippen LogP contribution in [0.1, 0.15) is 20.8 Å². The van der Waals surface area contributed by atoms with E-state index in [0.29, 0.717) is 13.1 Å². The van der Waals surface area contributed by atoms with Gasteiger partial charge in [-0.3, -0.25) is 4.79 Å². The Balaban J connectivity index is 2.67. The van der Waals surface area contributed by atoms with Crippen molar-refractivity contribution < 1.29 is 19.1 Å². The Labute approximate surface area is 125 Å². The Bertz CT molecular complexity index is 471. The molecule has 6 nitrogen and oxygen atoms in total. The lowest BCUT2D eigenvalue weighted by molar-refractivity contribution is -0.116. The van der Waals surface area contributed by atoms with Crippen LogP contribution in [0.3, 0.4) is 0 Å². The van der Waals surface area contributed by atoms with E-state index in [9.17, 15) is 9.59 Å². The second kappa shape index (κ2) is 8.14. The summed E-state index contributed by atoms with van der Waals surface area (Å²) >= 11 is 0. The van der Waals surface area contributed by atoms with E-state index in [-0.39, 0.29) is 12.0 Å². The standard InChI is InChI=1S/C15H22N2O4/c1-11(2)21-14-7-5-13(6-8-14)17(12(3)18)10-9-16-15(19)20-4/h5-8,11H,9-10H2,1-4H3,(H,16,19). The van der Waals surface area contributed by atoms with Gasteiger partial charge in [0.15, 0.2) is 0 Å². The minimum absolute atomic E-state index is 0.0980. The van der Waals surface area contributed by atoms with Gasteiger partial charge in [0.1, 0.15) is 5.75 Å². The molecule has 2 amide bonds. The summed E-state index contributed by atoms with van der Waals surface area (Å²) in [7, 11) is 1.30. The van der Waals surface area contributed by atoms with Gasteiger partial charge in [-0.1, -0.05) is 0 Å².